The van der Waals surface area contributed by atoms with Gasteiger partial charge in [0.2, 0.25) is 5.95 Å². The lowest BCUT2D eigenvalue weighted by molar-refractivity contribution is 0.0367. The highest BCUT2D eigenvalue weighted by molar-refractivity contribution is 5.88. The highest BCUT2D eigenvalue weighted by Crippen LogP contribution is 2.26. The summed E-state index contributed by atoms with van der Waals surface area (Å²) >= 11 is 0. The number of anilines is 2. The molecule has 154 valence electrons. The van der Waals surface area contributed by atoms with Gasteiger partial charge in [-0.15, -0.1) is 0 Å². The smallest absolute Gasteiger partial charge is 0.262 e. The maximum absolute atomic E-state index is 13.8. The van der Waals surface area contributed by atoms with E-state index in [9.17, 15) is 13.2 Å². The van der Waals surface area contributed by atoms with Crippen molar-refractivity contribution in [3.05, 3.63) is 42.0 Å². The van der Waals surface area contributed by atoms with Crippen LogP contribution in [0.15, 0.2) is 36.4 Å². The number of pyridine rings is 1. The Labute approximate surface area is 167 Å². The van der Waals surface area contributed by atoms with Crippen molar-refractivity contribution in [2.45, 2.75) is 39.3 Å². The SMILES string of the molecule is Cc1ccc(-c2ccc3nc(NCC(C)(C)F)nc(NCC(C)(F)F)c3n2)cc1. The van der Waals surface area contributed by atoms with E-state index in [-0.39, 0.29) is 18.3 Å². The van der Waals surface area contributed by atoms with Gasteiger partial charge in [0, 0.05) is 12.5 Å². The molecule has 0 aliphatic carbocycles. The molecule has 3 rings (SSSR count). The van der Waals surface area contributed by atoms with Crippen molar-refractivity contribution < 1.29 is 13.2 Å². The first-order valence-electron chi connectivity index (χ1n) is 9.30. The molecule has 0 spiro atoms. The Morgan fingerprint density at radius 2 is 1.52 bits per heavy atom. The first-order valence-corrected chi connectivity index (χ1v) is 9.30. The van der Waals surface area contributed by atoms with Crippen LogP contribution in [0, 0.1) is 6.92 Å². The van der Waals surface area contributed by atoms with Gasteiger partial charge in [-0.3, -0.25) is 0 Å². The van der Waals surface area contributed by atoms with E-state index in [1.807, 2.05) is 31.2 Å². The van der Waals surface area contributed by atoms with Crippen LogP contribution < -0.4 is 10.6 Å². The maximum atomic E-state index is 13.8. The van der Waals surface area contributed by atoms with E-state index in [0.29, 0.717) is 16.7 Å². The third-order valence-electron chi connectivity index (χ3n) is 4.12. The molecule has 0 amide bonds. The Balaban J connectivity index is 2.03. The number of nitrogens with zero attached hydrogens (tertiary/aromatic N) is 3. The second-order valence-corrected chi connectivity index (χ2v) is 7.82. The summed E-state index contributed by atoms with van der Waals surface area (Å²) in [5.74, 6) is -2.61. The first-order chi connectivity index (χ1) is 13.5. The number of benzene rings is 1. The zero-order chi connectivity index (χ0) is 21.2. The summed E-state index contributed by atoms with van der Waals surface area (Å²) in [5.41, 5.74) is 2.06. The van der Waals surface area contributed by atoms with Crippen molar-refractivity contribution in [1.82, 2.24) is 15.0 Å². The second kappa shape index (κ2) is 7.85. The highest BCUT2D eigenvalue weighted by atomic mass is 19.3. The topological polar surface area (TPSA) is 62.7 Å². The van der Waals surface area contributed by atoms with Crippen LogP contribution in [-0.2, 0) is 0 Å². The van der Waals surface area contributed by atoms with Crippen LogP contribution >= 0.6 is 0 Å². The predicted octanol–water partition coefficient (Wildman–Crippen LogP) is 5.23. The van der Waals surface area contributed by atoms with Gasteiger partial charge >= 0.3 is 0 Å². The van der Waals surface area contributed by atoms with E-state index in [4.69, 9.17) is 0 Å². The number of aryl methyl sites for hydroxylation is 1. The van der Waals surface area contributed by atoms with E-state index in [0.717, 1.165) is 18.1 Å². The third-order valence-corrected chi connectivity index (χ3v) is 4.12. The molecule has 0 saturated carbocycles. The number of halogens is 3. The fourth-order valence-electron chi connectivity index (χ4n) is 2.63. The zero-order valence-electron chi connectivity index (χ0n) is 16.9. The van der Waals surface area contributed by atoms with Gasteiger partial charge in [0.05, 0.1) is 24.3 Å². The summed E-state index contributed by atoms with van der Waals surface area (Å²) in [5, 5.41) is 5.47. The molecule has 0 aliphatic heterocycles. The molecule has 0 radical (unpaired) electrons. The van der Waals surface area contributed by atoms with Gasteiger partial charge in [-0.1, -0.05) is 29.8 Å². The number of hydrogen-bond acceptors (Lipinski definition) is 5. The van der Waals surface area contributed by atoms with E-state index in [1.54, 1.807) is 12.1 Å². The van der Waals surface area contributed by atoms with Gasteiger partial charge in [-0.25, -0.2) is 23.1 Å². The number of fused-ring (bicyclic) bond motifs is 1. The monoisotopic (exact) mass is 403 g/mol. The van der Waals surface area contributed by atoms with Gasteiger partial charge in [0.15, 0.2) is 5.82 Å². The lowest BCUT2D eigenvalue weighted by Gasteiger charge is -2.17. The van der Waals surface area contributed by atoms with Crippen molar-refractivity contribution >= 4 is 22.8 Å². The highest BCUT2D eigenvalue weighted by Gasteiger charge is 2.22. The van der Waals surface area contributed by atoms with Crippen LogP contribution in [0.25, 0.3) is 22.3 Å². The molecule has 0 aliphatic rings. The van der Waals surface area contributed by atoms with Crippen LogP contribution in [0.3, 0.4) is 0 Å². The minimum atomic E-state index is -2.93. The van der Waals surface area contributed by atoms with E-state index < -0.39 is 18.1 Å². The van der Waals surface area contributed by atoms with Gasteiger partial charge in [0.25, 0.3) is 5.92 Å². The Kier molecular flexibility index (Phi) is 5.64. The fraction of sp³-hybridized carbons (Fsp3) is 0.381. The molecule has 29 heavy (non-hydrogen) atoms. The largest absolute Gasteiger partial charge is 0.362 e. The van der Waals surface area contributed by atoms with Crippen molar-refractivity contribution in [3.8, 4) is 11.3 Å². The molecular weight excluding hydrogens is 379 g/mol. The van der Waals surface area contributed by atoms with Crippen molar-refractivity contribution in [1.29, 1.82) is 0 Å². The number of alkyl halides is 3. The van der Waals surface area contributed by atoms with Crippen LogP contribution in [0.5, 0.6) is 0 Å². The lowest BCUT2D eigenvalue weighted by atomic mass is 10.1. The number of nitrogens with one attached hydrogen (secondary N) is 2. The number of hydrogen-bond donors (Lipinski definition) is 2. The molecule has 0 bridgehead atoms. The molecule has 2 N–H and O–H groups in total. The minimum Gasteiger partial charge on any atom is -0.362 e. The van der Waals surface area contributed by atoms with Crippen LogP contribution in [0.1, 0.15) is 26.3 Å². The van der Waals surface area contributed by atoms with E-state index in [2.05, 4.69) is 25.6 Å². The van der Waals surface area contributed by atoms with Gasteiger partial charge in [-0.05, 0) is 32.9 Å². The quantitative estimate of drug-likeness (QED) is 0.566. The number of rotatable bonds is 7. The minimum absolute atomic E-state index is 0.0171. The molecule has 1 aromatic carbocycles. The molecule has 0 atom stereocenters. The molecule has 5 nitrogen and oxygen atoms in total. The summed E-state index contributed by atoms with van der Waals surface area (Å²) < 4.78 is 40.6. The Morgan fingerprint density at radius 1 is 0.828 bits per heavy atom. The van der Waals surface area contributed by atoms with Gasteiger partial charge in [0.1, 0.15) is 11.2 Å². The molecule has 0 saturated heterocycles. The van der Waals surface area contributed by atoms with Crippen LogP contribution in [0.2, 0.25) is 0 Å². The zero-order valence-corrected chi connectivity index (χ0v) is 16.9. The average Bonchev–Trinajstić information content (AvgIpc) is 2.63. The summed E-state index contributed by atoms with van der Waals surface area (Å²) in [7, 11) is 0. The van der Waals surface area contributed by atoms with Gasteiger partial charge < -0.3 is 10.6 Å². The lowest BCUT2D eigenvalue weighted by Crippen LogP contribution is -2.26. The molecule has 8 heteroatoms. The molecule has 0 unspecified atom stereocenters. The summed E-state index contributed by atoms with van der Waals surface area (Å²) in [6, 6.07) is 11.4. The Hall–Kier alpha value is -2.90. The molecule has 2 aromatic heterocycles. The normalized spacial score (nSPS) is 12.2. The van der Waals surface area contributed by atoms with Crippen LogP contribution in [-0.4, -0.2) is 39.6 Å². The van der Waals surface area contributed by atoms with Crippen molar-refractivity contribution in [3.63, 3.8) is 0 Å². The Bertz CT molecular complexity index is 992. The molecule has 0 fully saturated rings. The fourth-order valence-corrected chi connectivity index (χ4v) is 2.63. The third kappa shape index (κ3) is 5.79. The average molecular weight is 403 g/mol. The first kappa shape index (κ1) is 20.8. The molecule has 2 heterocycles. The number of aromatic nitrogens is 3. The van der Waals surface area contributed by atoms with Gasteiger partial charge in [-0.2, -0.15) is 4.98 Å². The molecular formula is C21H24F3N5. The second-order valence-electron chi connectivity index (χ2n) is 7.82. The molecule has 3 aromatic rings. The maximum Gasteiger partial charge on any atom is 0.262 e. The Morgan fingerprint density at radius 3 is 2.14 bits per heavy atom. The summed E-state index contributed by atoms with van der Waals surface area (Å²) in [6.07, 6.45) is 0. The summed E-state index contributed by atoms with van der Waals surface area (Å²) in [6.45, 7) is 5.03. The van der Waals surface area contributed by atoms with E-state index >= 15 is 0 Å². The standard InChI is InChI=1S/C21H24F3N5/c1-13-5-7-14(8-6-13)15-9-10-16-17(27-15)18(25-12-21(4,23)24)29-19(28-16)26-11-20(2,3)22/h5-10H,11-12H2,1-4H3,(H2,25,26,28,29). The summed E-state index contributed by atoms with van der Waals surface area (Å²) in [4.78, 5) is 13.2. The van der Waals surface area contributed by atoms with Crippen molar-refractivity contribution in [2.75, 3.05) is 23.7 Å². The van der Waals surface area contributed by atoms with E-state index in [1.165, 1.54) is 13.8 Å². The predicted molar refractivity (Wildman–Crippen MR) is 110 cm³/mol. The van der Waals surface area contributed by atoms with Crippen LogP contribution in [0.4, 0.5) is 24.9 Å². The van der Waals surface area contributed by atoms with Crippen molar-refractivity contribution in [2.24, 2.45) is 0 Å².